The maximum atomic E-state index is 12.9. The molecule has 0 saturated heterocycles. The van der Waals surface area contributed by atoms with Gasteiger partial charge in [-0.3, -0.25) is 0 Å². The number of hydrogen-bond donors (Lipinski definition) is 1. The molecule has 0 aliphatic heterocycles. The summed E-state index contributed by atoms with van der Waals surface area (Å²) in [5, 5.41) is 9.24. The summed E-state index contributed by atoms with van der Waals surface area (Å²) < 4.78 is 38.5. The second-order valence-electron chi connectivity index (χ2n) is 2.99. The molecule has 0 spiro atoms. The van der Waals surface area contributed by atoms with Crippen molar-refractivity contribution in [2.75, 3.05) is 5.32 Å². The molecular formula is C9H4ClF3N4. The topological polar surface area (TPSA) is 50.7 Å². The molecule has 0 bridgehead atoms. The van der Waals surface area contributed by atoms with Crippen LogP contribution >= 0.6 is 11.6 Å². The van der Waals surface area contributed by atoms with Crippen LogP contribution in [0, 0.1) is 17.5 Å². The lowest BCUT2D eigenvalue weighted by atomic mass is 10.3. The van der Waals surface area contributed by atoms with E-state index < -0.39 is 17.5 Å². The van der Waals surface area contributed by atoms with Gasteiger partial charge >= 0.3 is 0 Å². The van der Waals surface area contributed by atoms with E-state index in [0.29, 0.717) is 0 Å². The third-order valence-corrected chi connectivity index (χ3v) is 1.95. The van der Waals surface area contributed by atoms with Gasteiger partial charge in [0.05, 0.1) is 6.20 Å². The molecule has 0 aliphatic carbocycles. The second kappa shape index (κ2) is 4.54. The van der Waals surface area contributed by atoms with Crippen LogP contribution in [0.2, 0.25) is 5.28 Å². The van der Waals surface area contributed by atoms with Gasteiger partial charge in [0.2, 0.25) is 5.28 Å². The molecule has 0 unspecified atom stereocenters. The highest BCUT2D eigenvalue weighted by atomic mass is 35.5. The smallest absolute Gasteiger partial charge is 0.244 e. The third-order valence-electron chi connectivity index (χ3n) is 1.79. The Morgan fingerprint density at radius 2 is 1.76 bits per heavy atom. The predicted octanol–water partition coefficient (Wildman–Crippen LogP) is 2.69. The molecular weight excluding hydrogens is 257 g/mol. The summed E-state index contributed by atoms with van der Waals surface area (Å²) in [7, 11) is 0. The van der Waals surface area contributed by atoms with Gasteiger partial charge < -0.3 is 5.32 Å². The lowest BCUT2D eigenvalue weighted by molar-refractivity contribution is 0.448. The van der Waals surface area contributed by atoms with Crippen molar-refractivity contribution in [2.24, 2.45) is 0 Å². The average Bonchev–Trinajstić information content (AvgIpc) is 2.26. The summed E-state index contributed by atoms with van der Waals surface area (Å²) in [6, 6.07) is 1.57. The van der Waals surface area contributed by atoms with Crippen LogP contribution in [0.25, 0.3) is 0 Å². The zero-order valence-electron chi connectivity index (χ0n) is 8.09. The number of anilines is 2. The van der Waals surface area contributed by atoms with E-state index in [0.717, 1.165) is 12.1 Å². The molecule has 0 atom stereocenters. The van der Waals surface area contributed by atoms with Crippen molar-refractivity contribution in [1.29, 1.82) is 0 Å². The predicted molar refractivity (Wildman–Crippen MR) is 54.4 cm³/mol. The van der Waals surface area contributed by atoms with Gasteiger partial charge in [-0.15, -0.1) is 5.10 Å². The zero-order valence-corrected chi connectivity index (χ0v) is 8.84. The Labute approximate surface area is 98.5 Å². The van der Waals surface area contributed by atoms with E-state index in [-0.39, 0.29) is 16.8 Å². The van der Waals surface area contributed by atoms with Gasteiger partial charge in [-0.25, -0.2) is 13.2 Å². The van der Waals surface area contributed by atoms with Crippen LogP contribution < -0.4 is 5.32 Å². The van der Waals surface area contributed by atoms with E-state index in [1.165, 1.54) is 6.20 Å². The molecule has 88 valence electrons. The highest BCUT2D eigenvalue weighted by Crippen LogP contribution is 2.20. The van der Waals surface area contributed by atoms with Crippen molar-refractivity contribution < 1.29 is 13.2 Å². The van der Waals surface area contributed by atoms with Gasteiger partial charge in [-0.2, -0.15) is 10.1 Å². The van der Waals surface area contributed by atoms with Crippen molar-refractivity contribution in [3.63, 3.8) is 0 Å². The van der Waals surface area contributed by atoms with E-state index in [2.05, 4.69) is 20.5 Å². The average molecular weight is 261 g/mol. The maximum Gasteiger partial charge on any atom is 0.244 e. The Balaban J connectivity index is 2.31. The van der Waals surface area contributed by atoms with Crippen LogP contribution in [0.15, 0.2) is 18.3 Å². The van der Waals surface area contributed by atoms with E-state index in [1.54, 1.807) is 0 Å². The molecule has 0 saturated carbocycles. The minimum absolute atomic E-state index is 0.0158. The quantitative estimate of drug-likeness (QED) is 0.844. The second-order valence-corrected chi connectivity index (χ2v) is 3.33. The van der Waals surface area contributed by atoms with Crippen LogP contribution in [0.5, 0.6) is 0 Å². The molecule has 0 fully saturated rings. The van der Waals surface area contributed by atoms with Gasteiger partial charge in [0.15, 0.2) is 23.3 Å². The fourth-order valence-electron chi connectivity index (χ4n) is 1.12. The standard InChI is InChI=1S/C9H4ClF3N4/c10-9-16-7(3-14-17-9)15-4-1-5(11)8(13)6(12)2-4/h1-3H,(H,15,16,17). The lowest BCUT2D eigenvalue weighted by Crippen LogP contribution is -1.99. The van der Waals surface area contributed by atoms with E-state index in [1.807, 2.05) is 0 Å². The third kappa shape index (κ3) is 2.62. The van der Waals surface area contributed by atoms with Crippen molar-refractivity contribution in [2.45, 2.75) is 0 Å². The Morgan fingerprint density at radius 3 is 2.35 bits per heavy atom. The lowest BCUT2D eigenvalue weighted by Gasteiger charge is -2.05. The van der Waals surface area contributed by atoms with Crippen LogP contribution in [0.3, 0.4) is 0 Å². The minimum atomic E-state index is -1.53. The van der Waals surface area contributed by atoms with Crippen molar-refractivity contribution in [3.8, 4) is 0 Å². The molecule has 1 aromatic heterocycles. The molecule has 17 heavy (non-hydrogen) atoms. The van der Waals surface area contributed by atoms with Crippen molar-refractivity contribution in [1.82, 2.24) is 15.2 Å². The maximum absolute atomic E-state index is 12.9. The zero-order chi connectivity index (χ0) is 12.4. The number of nitrogens with zero attached hydrogens (tertiary/aromatic N) is 3. The van der Waals surface area contributed by atoms with Gasteiger partial charge in [0, 0.05) is 17.8 Å². The summed E-state index contributed by atoms with van der Waals surface area (Å²) in [5.74, 6) is -4.01. The molecule has 8 heteroatoms. The van der Waals surface area contributed by atoms with Crippen molar-refractivity contribution >= 4 is 23.1 Å². The fourth-order valence-corrected chi connectivity index (χ4v) is 1.25. The van der Waals surface area contributed by atoms with Crippen LogP contribution in [0.4, 0.5) is 24.7 Å². The molecule has 4 nitrogen and oxygen atoms in total. The summed E-state index contributed by atoms with van der Waals surface area (Å²) in [6.07, 6.45) is 1.20. The van der Waals surface area contributed by atoms with E-state index >= 15 is 0 Å². The highest BCUT2D eigenvalue weighted by molar-refractivity contribution is 6.28. The van der Waals surface area contributed by atoms with Crippen LogP contribution in [0.1, 0.15) is 0 Å². The van der Waals surface area contributed by atoms with Gasteiger partial charge in [-0.1, -0.05) is 0 Å². The normalized spacial score (nSPS) is 10.4. The number of hydrogen-bond acceptors (Lipinski definition) is 4. The van der Waals surface area contributed by atoms with E-state index in [9.17, 15) is 13.2 Å². The highest BCUT2D eigenvalue weighted by Gasteiger charge is 2.11. The van der Waals surface area contributed by atoms with Gasteiger partial charge in [0.25, 0.3) is 0 Å². The minimum Gasteiger partial charge on any atom is -0.339 e. The molecule has 2 aromatic rings. The summed E-state index contributed by atoms with van der Waals surface area (Å²) in [5.41, 5.74) is -0.0158. The number of rotatable bonds is 2. The van der Waals surface area contributed by atoms with Gasteiger partial charge in [0.1, 0.15) is 0 Å². The molecule has 1 N–H and O–H groups in total. The number of aromatic nitrogens is 3. The number of nitrogens with one attached hydrogen (secondary N) is 1. The first-order chi connectivity index (χ1) is 8.06. The first-order valence-corrected chi connectivity index (χ1v) is 4.71. The summed E-state index contributed by atoms with van der Waals surface area (Å²) >= 11 is 5.47. The first-order valence-electron chi connectivity index (χ1n) is 4.33. The monoisotopic (exact) mass is 260 g/mol. The Bertz CT molecular complexity index is 541. The van der Waals surface area contributed by atoms with Crippen LogP contribution in [-0.4, -0.2) is 15.2 Å². The van der Waals surface area contributed by atoms with Gasteiger partial charge in [-0.05, 0) is 11.6 Å². The Kier molecular flexibility index (Phi) is 3.10. The molecule has 2 rings (SSSR count). The Morgan fingerprint density at radius 1 is 1.12 bits per heavy atom. The van der Waals surface area contributed by atoms with Crippen LogP contribution in [-0.2, 0) is 0 Å². The largest absolute Gasteiger partial charge is 0.339 e. The molecule has 0 amide bonds. The summed E-state index contributed by atoms with van der Waals surface area (Å²) in [6.45, 7) is 0. The SMILES string of the molecule is Fc1cc(Nc2cnnc(Cl)n2)cc(F)c1F. The molecule has 0 radical (unpaired) electrons. The molecule has 1 heterocycles. The molecule has 0 aliphatic rings. The number of benzene rings is 1. The van der Waals surface area contributed by atoms with Crippen molar-refractivity contribution in [3.05, 3.63) is 41.1 Å². The Hall–Kier alpha value is -1.89. The summed E-state index contributed by atoms with van der Waals surface area (Å²) in [4.78, 5) is 3.69. The number of halogens is 4. The van der Waals surface area contributed by atoms with E-state index in [4.69, 9.17) is 11.6 Å². The molecule has 1 aromatic carbocycles. The first kappa shape index (κ1) is 11.6. The fraction of sp³-hybridized carbons (Fsp3) is 0.